The van der Waals surface area contributed by atoms with Crippen molar-refractivity contribution in [2.75, 3.05) is 10.7 Å². The second kappa shape index (κ2) is 5.30. The van der Waals surface area contributed by atoms with Crippen LogP contribution >= 0.6 is 0 Å². The van der Waals surface area contributed by atoms with Crippen LogP contribution in [0.1, 0.15) is 27.9 Å². The first-order chi connectivity index (χ1) is 9.78. The first-order valence-corrected chi connectivity index (χ1v) is 6.62. The maximum absolute atomic E-state index is 12.3. The number of anilines is 2. The van der Waals surface area contributed by atoms with Crippen molar-refractivity contribution in [1.82, 2.24) is 4.98 Å². The fourth-order valence-electron chi connectivity index (χ4n) is 2.56. The van der Waals surface area contributed by atoms with Gasteiger partial charge in [-0.15, -0.1) is 0 Å². The Bertz CT molecular complexity index is 654. The lowest BCUT2D eigenvalue weighted by Gasteiger charge is -2.10. The van der Waals surface area contributed by atoms with E-state index >= 15 is 0 Å². The number of aromatic nitrogens is 1. The van der Waals surface area contributed by atoms with Crippen LogP contribution in [0.25, 0.3) is 0 Å². The van der Waals surface area contributed by atoms with E-state index in [0.717, 1.165) is 18.5 Å². The van der Waals surface area contributed by atoms with Crippen LogP contribution in [0.3, 0.4) is 0 Å². The summed E-state index contributed by atoms with van der Waals surface area (Å²) < 4.78 is 0. The van der Waals surface area contributed by atoms with Crippen molar-refractivity contribution in [3.8, 4) is 0 Å². The number of benzene rings is 1. The van der Waals surface area contributed by atoms with Crippen LogP contribution in [0.5, 0.6) is 0 Å². The van der Waals surface area contributed by atoms with E-state index in [-0.39, 0.29) is 5.91 Å². The third-order valence-corrected chi connectivity index (χ3v) is 3.58. The summed E-state index contributed by atoms with van der Waals surface area (Å²) >= 11 is 0. The molecule has 0 saturated heterocycles. The smallest absolute Gasteiger partial charge is 0.257 e. The van der Waals surface area contributed by atoms with Gasteiger partial charge in [0.05, 0.1) is 17.4 Å². The first-order valence-electron chi connectivity index (χ1n) is 6.62. The molecule has 1 aliphatic carbocycles. The van der Waals surface area contributed by atoms with Gasteiger partial charge in [0.2, 0.25) is 0 Å². The average Bonchev–Trinajstić information content (AvgIpc) is 2.94. The third-order valence-electron chi connectivity index (χ3n) is 3.58. The van der Waals surface area contributed by atoms with Crippen LogP contribution in [0.2, 0.25) is 0 Å². The number of carbonyl (C=O) groups is 1. The molecule has 0 aliphatic heterocycles. The van der Waals surface area contributed by atoms with E-state index in [1.165, 1.54) is 23.7 Å². The molecule has 102 valence electrons. The number of pyridine rings is 1. The highest BCUT2D eigenvalue weighted by molar-refractivity contribution is 6.07. The summed E-state index contributed by atoms with van der Waals surface area (Å²) in [6.07, 6.45) is 6.51. The van der Waals surface area contributed by atoms with Crippen LogP contribution in [0, 0.1) is 0 Å². The lowest BCUT2D eigenvalue weighted by molar-refractivity contribution is 0.102. The molecular formula is C15H16N4O. The van der Waals surface area contributed by atoms with E-state index < -0.39 is 0 Å². The topological polar surface area (TPSA) is 80.0 Å². The number of aryl methyl sites for hydroxylation is 2. The summed E-state index contributed by atoms with van der Waals surface area (Å²) in [7, 11) is 0. The van der Waals surface area contributed by atoms with E-state index in [2.05, 4.69) is 27.9 Å². The zero-order valence-corrected chi connectivity index (χ0v) is 11.0. The van der Waals surface area contributed by atoms with Crippen LogP contribution in [-0.4, -0.2) is 10.9 Å². The fraction of sp³-hybridized carbons (Fsp3) is 0.200. The predicted molar refractivity (Wildman–Crippen MR) is 78.5 cm³/mol. The molecule has 20 heavy (non-hydrogen) atoms. The van der Waals surface area contributed by atoms with Crippen LogP contribution in [0.4, 0.5) is 11.4 Å². The lowest BCUT2D eigenvalue weighted by atomic mass is 10.1. The summed E-state index contributed by atoms with van der Waals surface area (Å²) in [5.74, 6) is 5.19. The lowest BCUT2D eigenvalue weighted by Crippen LogP contribution is -2.17. The van der Waals surface area contributed by atoms with E-state index in [1.54, 1.807) is 12.3 Å². The molecule has 0 atom stereocenters. The highest BCUT2D eigenvalue weighted by Gasteiger charge is 2.14. The highest BCUT2D eigenvalue weighted by Crippen LogP contribution is 2.25. The van der Waals surface area contributed by atoms with Crippen molar-refractivity contribution in [3.05, 3.63) is 53.3 Å². The number of nitrogens with one attached hydrogen (secondary N) is 2. The summed E-state index contributed by atoms with van der Waals surface area (Å²) in [6, 6.07) is 7.72. The quantitative estimate of drug-likeness (QED) is 0.588. The molecule has 1 aromatic heterocycles. The van der Waals surface area contributed by atoms with Gasteiger partial charge in [-0.1, -0.05) is 6.07 Å². The number of fused-ring (bicyclic) bond motifs is 1. The highest BCUT2D eigenvalue weighted by atomic mass is 16.1. The van der Waals surface area contributed by atoms with Crippen molar-refractivity contribution < 1.29 is 4.79 Å². The Kier molecular flexibility index (Phi) is 3.35. The molecule has 1 heterocycles. The zero-order chi connectivity index (χ0) is 13.9. The summed E-state index contributed by atoms with van der Waals surface area (Å²) in [6.45, 7) is 0. The second-order valence-electron chi connectivity index (χ2n) is 4.86. The largest absolute Gasteiger partial charge is 0.322 e. The van der Waals surface area contributed by atoms with Gasteiger partial charge in [0.15, 0.2) is 0 Å². The molecule has 5 nitrogen and oxygen atoms in total. The molecule has 0 unspecified atom stereocenters. The fourth-order valence-corrected chi connectivity index (χ4v) is 2.56. The van der Waals surface area contributed by atoms with Crippen LogP contribution in [-0.2, 0) is 12.8 Å². The van der Waals surface area contributed by atoms with E-state index in [0.29, 0.717) is 11.3 Å². The van der Waals surface area contributed by atoms with E-state index in [9.17, 15) is 4.79 Å². The van der Waals surface area contributed by atoms with Gasteiger partial charge < -0.3 is 10.7 Å². The van der Waals surface area contributed by atoms with Crippen molar-refractivity contribution >= 4 is 17.3 Å². The number of carbonyl (C=O) groups excluding carboxylic acids is 1. The molecule has 4 N–H and O–H groups in total. The van der Waals surface area contributed by atoms with Gasteiger partial charge in [-0.25, -0.2) is 0 Å². The minimum absolute atomic E-state index is 0.196. The normalized spacial score (nSPS) is 12.8. The Morgan fingerprint density at radius 1 is 1.20 bits per heavy atom. The Balaban J connectivity index is 1.82. The molecule has 1 aliphatic rings. The van der Waals surface area contributed by atoms with Gasteiger partial charge >= 0.3 is 0 Å². The van der Waals surface area contributed by atoms with Gasteiger partial charge in [0, 0.05) is 11.9 Å². The maximum Gasteiger partial charge on any atom is 0.257 e. The zero-order valence-electron chi connectivity index (χ0n) is 11.0. The van der Waals surface area contributed by atoms with Crippen LogP contribution < -0.4 is 16.6 Å². The van der Waals surface area contributed by atoms with Crippen molar-refractivity contribution in [2.45, 2.75) is 19.3 Å². The second-order valence-corrected chi connectivity index (χ2v) is 4.86. The van der Waals surface area contributed by atoms with Gasteiger partial charge in [-0.3, -0.25) is 15.6 Å². The summed E-state index contributed by atoms with van der Waals surface area (Å²) in [5.41, 5.74) is 6.99. The van der Waals surface area contributed by atoms with Gasteiger partial charge in [0.25, 0.3) is 5.91 Å². The van der Waals surface area contributed by atoms with E-state index in [1.807, 2.05) is 6.07 Å². The predicted octanol–water partition coefficient (Wildman–Crippen LogP) is 2.11. The number of nitrogens with two attached hydrogens (primary N) is 1. The van der Waals surface area contributed by atoms with Crippen LogP contribution in [0.15, 0.2) is 36.7 Å². The molecule has 0 fully saturated rings. The monoisotopic (exact) mass is 268 g/mol. The Morgan fingerprint density at radius 2 is 2.05 bits per heavy atom. The third kappa shape index (κ3) is 2.35. The minimum Gasteiger partial charge on any atom is -0.322 e. The molecule has 0 radical (unpaired) electrons. The summed E-state index contributed by atoms with van der Waals surface area (Å²) in [5, 5.41) is 2.90. The molecule has 3 rings (SSSR count). The molecule has 1 amide bonds. The number of hydrogen-bond donors (Lipinski definition) is 3. The average molecular weight is 268 g/mol. The van der Waals surface area contributed by atoms with E-state index in [4.69, 9.17) is 5.84 Å². The Hall–Kier alpha value is -2.40. The van der Waals surface area contributed by atoms with Gasteiger partial charge in [-0.2, -0.15) is 0 Å². The number of amides is 1. The SMILES string of the molecule is NNc1cnccc1C(=O)Nc1ccc2c(c1)CCC2. The molecule has 0 spiro atoms. The number of hydrazine groups is 1. The maximum atomic E-state index is 12.3. The number of hydrogen-bond acceptors (Lipinski definition) is 4. The van der Waals surface area contributed by atoms with Crippen molar-refractivity contribution in [1.29, 1.82) is 0 Å². The number of nitrogen functional groups attached to an aromatic ring is 1. The minimum atomic E-state index is -0.196. The first kappa shape index (κ1) is 12.6. The van der Waals surface area contributed by atoms with Gasteiger partial charge in [0.1, 0.15) is 0 Å². The standard InChI is InChI=1S/C15H16N4O/c16-19-14-9-17-7-6-13(14)15(20)18-12-5-4-10-2-1-3-11(10)8-12/h4-9,19H,1-3,16H2,(H,18,20). The molecule has 1 aromatic carbocycles. The van der Waals surface area contributed by atoms with Gasteiger partial charge in [-0.05, 0) is 48.6 Å². The molecule has 5 heteroatoms. The number of rotatable bonds is 3. The molecule has 0 bridgehead atoms. The Labute approximate surface area is 117 Å². The Morgan fingerprint density at radius 3 is 2.90 bits per heavy atom. The van der Waals surface area contributed by atoms with Crippen molar-refractivity contribution in [3.63, 3.8) is 0 Å². The molecule has 2 aromatic rings. The number of nitrogens with zero attached hydrogens (tertiary/aromatic N) is 1. The molecular weight excluding hydrogens is 252 g/mol. The van der Waals surface area contributed by atoms with Crippen molar-refractivity contribution in [2.24, 2.45) is 5.84 Å². The summed E-state index contributed by atoms with van der Waals surface area (Å²) in [4.78, 5) is 16.2. The molecule has 0 saturated carbocycles.